The Balaban J connectivity index is 0.000000205. The van der Waals surface area contributed by atoms with E-state index in [2.05, 4.69) is 9.97 Å². The van der Waals surface area contributed by atoms with Gasteiger partial charge in [-0.05, 0) is 93.8 Å². The van der Waals surface area contributed by atoms with Crippen molar-refractivity contribution < 1.29 is 37.9 Å². The van der Waals surface area contributed by atoms with Crippen LogP contribution < -0.4 is 15.3 Å². The first-order valence-electron chi connectivity index (χ1n) is 17.3. The second-order valence-electron chi connectivity index (χ2n) is 13.0. The maximum Gasteiger partial charge on any atom is 0.488 e. The van der Waals surface area contributed by atoms with Crippen LogP contribution in [0.25, 0.3) is 33.3 Å². The molecule has 292 valence electrons. The second kappa shape index (κ2) is 19.2. The van der Waals surface area contributed by atoms with Gasteiger partial charge in [0.25, 0.3) is 0 Å². The highest BCUT2D eigenvalue weighted by atomic mass is 35.5. The molecule has 0 aliphatic rings. The highest BCUT2D eigenvalue weighted by Gasteiger charge is 2.19. The fourth-order valence-electron chi connectivity index (χ4n) is 5.01. The number of fused-ring (bicyclic) bond motifs is 2. The van der Waals surface area contributed by atoms with Gasteiger partial charge in [0.05, 0.1) is 47.4 Å². The molecule has 2 aromatic heterocycles. The molecule has 0 radical (unpaired) electrons. The first kappa shape index (κ1) is 43.0. The molecule has 0 aliphatic heterocycles. The molecular formula is C40H42BClF2N6O6. The van der Waals surface area contributed by atoms with E-state index in [-0.39, 0.29) is 23.4 Å². The lowest BCUT2D eigenvalue weighted by Gasteiger charge is -2.25. The summed E-state index contributed by atoms with van der Waals surface area (Å²) in [5, 5.41) is 17.4. The van der Waals surface area contributed by atoms with Gasteiger partial charge in [0, 0.05) is 31.7 Å². The Kier molecular flexibility index (Phi) is 14.7. The Morgan fingerprint density at radius 2 is 1.14 bits per heavy atom. The number of hydrogen-bond acceptors (Lipinski definition) is 12. The molecule has 0 spiro atoms. The van der Waals surface area contributed by atoms with E-state index in [1.165, 1.54) is 44.6 Å². The predicted molar refractivity (Wildman–Crippen MR) is 215 cm³/mol. The van der Waals surface area contributed by atoms with Gasteiger partial charge < -0.3 is 29.3 Å². The average Bonchev–Trinajstić information content (AvgIpc) is 3.18. The monoisotopic (exact) mass is 786 g/mol. The summed E-state index contributed by atoms with van der Waals surface area (Å²) in [6, 6.07) is 21.9. The van der Waals surface area contributed by atoms with Crippen molar-refractivity contribution >= 4 is 69.8 Å². The number of anilines is 2. The van der Waals surface area contributed by atoms with Gasteiger partial charge in [0.15, 0.2) is 16.8 Å². The Labute approximate surface area is 328 Å². The van der Waals surface area contributed by atoms with Crippen molar-refractivity contribution in [3.8, 4) is 11.3 Å². The van der Waals surface area contributed by atoms with Gasteiger partial charge in [-0.3, -0.25) is 0 Å². The van der Waals surface area contributed by atoms with Gasteiger partial charge in [-0.1, -0.05) is 35.9 Å². The standard InChI is InChI=1S/C20H20FN3O2.C14H16ClN3O2.C6H6BFO2/c1-12(2)24(3)19-18(13-6-5-7-15(21)10-13)22-16-9-8-14(20(25)26-4)11-17(16)23-19;1-8(2)18(3)13-12(15)16-10-6-5-9(14(19)20-4)7-11(10)17-13;8-6-3-1-2-5(4-6)7(9)10/h5-12H,1-4H3;5-8H,1-4H3;1-4,9-10H. The summed E-state index contributed by atoms with van der Waals surface area (Å²) >= 11 is 6.16. The SMILES string of the molecule is COC(=O)c1ccc2nc(-c3cccc(F)c3)c(N(C)C(C)C)nc2c1.COC(=O)c1ccc2nc(Cl)c(N(C)C(C)C)nc2c1.OB(O)c1cccc(F)c1. The van der Waals surface area contributed by atoms with Crippen LogP contribution in [0.4, 0.5) is 20.4 Å². The number of aromatic nitrogens is 4. The normalized spacial score (nSPS) is 10.7. The third-order valence-corrected chi connectivity index (χ3v) is 8.81. The van der Waals surface area contributed by atoms with Gasteiger partial charge >= 0.3 is 19.1 Å². The second-order valence-corrected chi connectivity index (χ2v) is 13.3. The van der Waals surface area contributed by atoms with Gasteiger partial charge in [0.2, 0.25) is 0 Å². The number of hydrogen-bond donors (Lipinski definition) is 2. The lowest BCUT2D eigenvalue weighted by atomic mass is 9.80. The summed E-state index contributed by atoms with van der Waals surface area (Å²) in [5.74, 6) is -0.408. The molecule has 0 amide bonds. The zero-order valence-corrected chi connectivity index (χ0v) is 32.9. The fourth-order valence-corrected chi connectivity index (χ4v) is 5.28. The van der Waals surface area contributed by atoms with E-state index in [1.54, 1.807) is 48.5 Å². The van der Waals surface area contributed by atoms with Crippen molar-refractivity contribution in [2.45, 2.75) is 39.8 Å². The van der Waals surface area contributed by atoms with Gasteiger partial charge in [0.1, 0.15) is 17.3 Å². The number of halogens is 3. The summed E-state index contributed by atoms with van der Waals surface area (Å²) in [5.41, 5.74) is 4.72. The zero-order valence-electron chi connectivity index (χ0n) is 32.2. The first-order valence-corrected chi connectivity index (χ1v) is 17.7. The van der Waals surface area contributed by atoms with Crippen LogP contribution >= 0.6 is 11.6 Å². The summed E-state index contributed by atoms with van der Waals surface area (Å²) < 4.78 is 35.5. The minimum atomic E-state index is -1.59. The Morgan fingerprint density at radius 3 is 1.61 bits per heavy atom. The minimum absolute atomic E-state index is 0.165. The molecule has 0 saturated heterocycles. The average molecular weight is 787 g/mol. The molecule has 56 heavy (non-hydrogen) atoms. The van der Waals surface area contributed by atoms with E-state index in [9.17, 15) is 18.4 Å². The number of esters is 2. The van der Waals surface area contributed by atoms with Gasteiger partial charge in [-0.25, -0.2) is 38.3 Å². The predicted octanol–water partition coefficient (Wildman–Crippen LogP) is 6.49. The zero-order chi connectivity index (χ0) is 41.3. The minimum Gasteiger partial charge on any atom is -0.465 e. The summed E-state index contributed by atoms with van der Waals surface area (Å²) in [6.07, 6.45) is 0. The molecule has 12 nitrogen and oxygen atoms in total. The largest absolute Gasteiger partial charge is 0.488 e. The van der Waals surface area contributed by atoms with Gasteiger partial charge in [-0.15, -0.1) is 0 Å². The van der Waals surface area contributed by atoms with Crippen molar-refractivity contribution in [1.82, 2.24) is 19.9 Å². The lowest BCUT2D eigenvalue weighted by molar-refractivity contribution is 0.0592. The number of methoxy groups -OCH3 is 2. The number of carbonyl (C=O) groups excluding carboxylic acids is 2. The van der Waals surface area contributed by atoms with Gasteiger partial charge in [-0.2, -0.15) is 0 Å². The summed E-state index contributed by atoms with van der Waals surface area (Å²) in [4.78, 5) is 45.4. The van der Waals surface area contributed by atoms with Crippen molar-refractivity contribution in [2.24, 2.45) is 0 Å². The van der Waals surface area contributed by atoms with Crippen molar-refractivity contribution in [3.63, 3.8) is 0 Å². The molecule has 16 heteroatoms. The van der Waals surface area contributed by atoms with E-state index < -0.39 is 24.9 Å². The Bertz CT molecular complexity index is 2330. The molecule has 0 aliphatic carbocycles. The van der Waals surface area contributed by atoms with Crippen LogP contribution in [0.1, 0.15) is 48.4 Å². The van der Waals surface area contributed by atoms with Crippen molar-refractivity contribution in [2.75, 3.05) is 38.1 Å². The van der Waals surface area contributed by atoms with Crippen LogP contribution in [0.2, 0.25) is 5.15 Å². The van der Waals surface area contributed by atoms with E-state index in [0.29, 0.717) is 61.2 Å². The Hall–Kier alpha value is -5.77. The summed E-state index contributed by atoms with van der Waals surface area (Å²) in [6.45, 7) is 8.14. The molecule has 0 atom stereocenters. The van der Waals surface area contributed by atoms with Crippen LogP contribution in [-0.4, -0.2) is 89.4 Å². The highest BCUT2D eigenvalue weighted by molar-refractivity contribution is 6.58. The van der Waals surface area contributed by atoms with Crippen LogP contribution in [0, 0.1) is 11.6 Å². The molecular weight excluding hydrogens is 745 g/mol. The molecule has 0 unspecified atom stereocenters. The third-order valence-electron chi connectivity index (χ3n) is 8.56. The maximum atomic E-state index is 13.7. The van der Waals surface area contributed by atoms with Crippen LogP contribution in [0.3, 0.4) is 0 Å². The molecule has 2 heterocycles. The van der Waals surface area contributed by atoms with Crippen molar-refractivity contribution in [3.05, 3.63) is 113 Å². The number of benzene rings is 4. The summed E-state index contributed by atoms with van der Waals surface area (Å²) in [7, 11) is 4.90. The van der Waals surface area contributed by atoms with Crippen LogP contribution in [-0.2, 0) is 9.47 Å². The molecule has 4 aromatic carbocycles. The smallest absolute Gasteiger partial charge is 0.465 e. The molecule has 6 aromatic rings. The number of rotatable bonds is 8. The number of nitrogens with zero attached hydrogens (tertiary/aromatic N) is 6. The fraction of sp³-hybridized carbons (Fsp3) is 0.250. The number of carbonyl (C=O) groups is 2. The van der Waals surface area contributed by atoms with E-state index in [0.717, 1.165) is 6.07 Å². The van der Waals surface area contributed by atoms with E-state index >= 15 is 0 Å². The first-order chi connectivity index (χ1) is 26.5. The quantitative estimate of drug-likeness (QED) is 0.128. The lowest BCUT2D eigenvalue weighted by Crippen LogP contribution is -2.29. The third kappa shape index (κ3) is 10.7. The maximum absolute atomic E-state index is 13.7. The molecule has 0 saturated carbocycles. The molecule has 2 N–H and O–H groups in total. The van der Waals surface area contributed by atoms with E-state index in [1.807, 2.05) is 51.6 Å². The molecule has 6 rings (SSSR count). The highest BCUT2D eigenvalue weighted by Crippen LogP contribution is 2.31. The van der Waals surface area contributed by atoms with Crippen LogP contribution in [0.15, 0.2) is 84.9 Å². The molecule has 0 fully saturated rings. The molecule has 0 bridgehead atoms. The van der Waals surface area contributed by atoms with Crippen LogP contribution in [0.5, 0.6) is 0 Å². The van der Waals surface area contributed by atoms with Crippen molar-refractivity contribution in [1.29, 1.82) is 0 Å². The topological polar surface area (TPSA) is 151 Å². The number of ether oxygens (including phenoxy) is 2. The van der Waals surface area contributed by atoms with E-state index in [4.69, 9.17) is 41.1 Å². The Morgan fingerprint density at radius 1 is 0.661 bits per heavy atom.